The highest BCUT2D eigenvalue weighted by Crippen LogP contribution is 2.16. The monoisotopic (exact) mass is 253 g/mol. The standard InChI is InChI=1S/C14H11N3O2/c18-11-5-3-10(4-6-11)16-14(19)12-2-1-8-17-9-7-15-13(12)17/h1-9,18H,(H,16,19). The van der Waals surface area contributed by atoms with Crippen LogP contribution in [0, 0.1) is 0 Å². The van der Waals surface area contributed by atoms with E-state index in [2.05, 4.69) is 10.3 Å². The number of rotatable bonds is 2. The lowest BCUT2D eigenvalue weighted by atomic mass is 10.2. The minimum Gasteiger partial charge on any atom is -0.508 e. The molecule has 0 aliphatic rings. The van der Waals surface area contributed by atoms with Gasteiger partial charge in [-0.25, -0.2) is 4.98 Å². The second-order valence-corrected chi connectivity index (χ2v) is 4.08. The summed E-state index contributed by atoms with van der Waals surface area (Å²) in [7, 11) is 0. The number of nitrogens with zero attached hydrogens (tertiary/aromatic N) is 2. The number of hydrogen-bond donors (Lipinski definition) is 2. The summed E-state index contributed by atoms with van der Waals surface area (Å²) in [6, 6.07) is 9.83. The number of phenols is 1. The van der Waals surface area contributed by atoms with Gasteiger partial charge in [-0.15, -0.1) is 0 Å². The Morgan fingerprint density at radius 2 is 1.95 bits per heavy atom. The number of aromatic hydroxyl groups is 1. The van der Waals surface area contributed by atoms with Gasteiger partial charge in [0, 0.05) is 24.3 Å². The molecule has 0 bridgehead atoms. The van der Waals surface area contributed by atoms with Crippen molar-refractivity contribution < 1.29 is 9.90 Å². The number of carbonyl (C=O) groups excluding carboxylic acids is 1. The molecule has 1 amide bonds. The molecule has 2 heterocycles. The molecule has 0 saturated heterocycles. The number of pyridine rings is 1. The maximum atomic E-state index is 12.2. The Morgan fingerprint density at radius 3 is 2.74 bits per heavy atom. The topological polar surface area (TPSA) is 66.6 Å². The molecule has 0 unspecified atom stereocenters. The van der Waals surface area contributed by atoms with Gasteiger partial charge in [0.2, 0.25) is 0 Å². The number of aromatic nitrogens is 2. The summed E-state index contributed by atoms with van der Waals surface area (Å²) in [5, 5.41) is 12.0. The van der Waals surface area contributed by atoms with Crippen molar-refractivity contribution in [2.75, 3.05) is 5.32 Å². The molecule has 0 aliphatic heterocycles. The fourth-order valence-electron chi connectivity index (χ4n) is 1.87. The predicted molar refractivity (Wildman–Crippen MR) is 71.3 cm³/mol. The number of fused-ring (bicyclic) bond motifs is 1. The third kappa shape index (κ3) is 2.13. The van der Waals surface area contributed by atoms with Crippen molar-refractivity contribution in [2.24, 2.45) is 0 Å². The van der Waals surface area contributed by atoms with Gasteiger partial charge in [0.15, 0.2) is 0 Å². The van der Waals surface area contributed by atoms with E-state index in [1.165, 1.54) is 12.1 Å². The first kappa shape index (κ1) is 11.3. The van der Waals surface area contributed by atoms with Gasteiger partial charge < -0.3 is 14.8 Å². The highest BCUT2D eigenvalue weighted by Gasteiger charge is 2.11. The molecule has 3 rings (SSSR count). The van der Waals surface area contributed by atoms with E-state index in [9.17, 15) is 9.90 Å². The number of hydrogen-bond acceptors (Lipinski definition) is 3. The first-order valence-corrected chi connectivity index (χ1v) is 5.76. The number of imidazole rings is 1. The Balaban J connectivity index is 1.92. The molecule has 1 aromatic carbocycles. The van der Waals surface area contributed by atoms with Gasteiger partial charge in [-0.1, -0.05) is 0 Å². The first-order valence-electron chi connectivity index (χ1n) is 5.76. The molecule has 5 heteroatoms. The van der Waals surface area contributed by atoms with Gasteiger partial charge in [0.05, 0.1) is 5.56 Å². The summed E-state index contributed by atoms with van der Waals surface area (Å²) < 4.78 is 1.78. The van der Waals surface area contributed by atoms with Gasteiger partial charge in [0.1, 0.15) is 11.4 Å². The van der Waals surface area contributed by atoms with Crippen LogP contribution in [0.4, 0.5) is 5.69 Å². The zero-order valence-electron chi connectivity index (χ0n) is 9.95. The molecule has 0 atom stereocenters. The molecule has 5 nitrogen and oxygen atoms in total. The lowest BCUT2D eigenvalue weighted by Crippen LogP contribution is -2.13. The second-order valence-electron chi connectivity index (χ2n) is 4.08. The number of benzene rings is 1. The lowest BCUT2D eigenvalue weighted by Gasteiger charge is -2.06. The fourth-order valence-corrected chi connectivity index (χ4v) is 1.87. The fraction of sp³-hybridized carbons (Fsp3) is 0. The van der Waals surface area contributed by atoms with Gasteiger partial charge in [0.25, 0.3) is 5.91 Å². The van der Waals surface area contributed by atoms with E-state index >= 15 is 0 Å². The summed E-state index contributed by atoms with van der Waals surface area (Å²) in [6.07, 6.45) is 5.26. The molecule has 19 heavy (non-hydrogen) atoms. The average Bonchev–Trinajstić information content (AvgIpc) is 2.89. The smallest absolute Gasteiger partial charge is 0.259 e. The highest BCUT2D eigenvalue weighted by molar-refractivity contribution is 6.08. The number of amides is 1. The summed E-state index contributed by atoms with van der Waals surface area (Å²) in [5.41, 5.74) is 1.73. The molecule has 3 aromatic rings. The van der Waals surface area contributed by atoms with Crippen LogP contribution in [0.15, 0.2) is 55.0 Å². The predicted octanol–water partition coefficient (Wildman–Crippen LogP) is 2.29. The van der Waals surface area contributed by atoms with Gasteiger partial charge in [-0.05, 0) is 36.4 Å². The van der Waals surface area contributed by atoms with Crippen LogP contribution >= 0.6 is 0 Å². The van der Waals surface area contributed by atoms with E-state index in [1.807, 2.05) is 6.20 Å². The van der Waals surface area contributed by atoms with Gasteiger partial charge >= 0.3 is 0 Å². The Morgan fingerprint density at radius 1 is 1.16 bits per heavy atom. The molecule has 0 aliphatic carbocycles. The van der Waals surface area contributed by atoms with Crippen LogP contribution in [0.25, 0.3) is 5.65 Å². The normalized spacial score (nSPS) is 10.5. The van der Waals surface area contributed by atoms with Crippen molar-refractivity contribution in [3.05, 3.63) is 60.6 Å². The Labute approximate surface area is 109 Å². The third-order valence-electron chi connectivity index (χ3n) is 2.79. The van der Waals surface area contributed by atoms with Crippen LogP contribution in [-0.2, 0) is 0 Å². The molecule has 2 N–H and O–H groups in total. The Hall–Kier alpha value is -2.82. The highest BCUT2D eigenvalue weighted by atomic mass is 16.3. The van der Waals surface area contributed by atoms with E-state index in [1.54, 1.807) is 41.1 Å². The quantitative estimate of drug-likeness (QED) is 0.688. The van der Waals surface area contributed by atoms with Crippen molar-refractivity contribution in [2.45, 2.75) is 0 Å². The summed E-state index contributed by atoms with van der Waals surface area (Å²) in [4.78, 5) is 16.3. The van der Waals surface area contributed by atoms with Crippen molar-refractivity contribution in [3.63, 3.8) is 0 Å². The van der Waals surface area contributed by atoms with Crippen LogP contribution in [0.3, 0.4) is 0 Å². The molecule has 0 radical (unpaired) electrons. The summed E-state index contributed by atoms with van der Waals surface area (Å²) in [6.45, 7) is 0. The zero-order chi connectivity index (χ0) is 13.2. The number of nitrogens with one attached hydrogen (secondary N) is 1. The molecule has 0 spiro atoms. The Bertz CT molecular complexity index is 732. The van der Waals surface area contributed by atoms with Crippen LogP contribution in [0.1, 0.15) is 10.4 Å². The molecule has 2 aromatic heterocycles. The average molecular weight is 253 g/mol. The minimum atomic E-state index is -0.234. The SMILES string of the molecule is O=C(Nc1ccc(O)cc1)c1cccn2ccnc12. The van der Waals surface area contributed by atoms with Gasteiger partial charge in [-0.2, -0.15) is 0 Å². The zero-order valence-corrected chi connectivity index (χ0v) is 9.95. The van der Waals surface area contributed by atoms with E-state index in [-0.39, 0.29) is 11.7 Å². The largest absolute Gasteiger partial charge is 0.508 e. The maximum absolute atomic E-state index is 12.2. The number of carbonyl (C=O) groups is 1. The lowest BCUT2D eigenvalue weighted by molar-refractivity contribution is 0.102. The molecular weight excluding hydrogens is 242 g/mol. The van der Waals surface area contributed by atoms with Gasteiger partial charge in [-0.3, -0.25) is 4.79 Å². The Kier molecular flexibility index (Phi) is 2.64. The summed E-state index contributed by atoms with van der Waals surface area (Å²) in [5.74, 6) is -0.0733. The van der Waals surface area contributed by atoms with E-state index < -0.39 is 0 Å². The van der Waals surface area contributed by atoms with Crippen LogP contribution in [0.2, 0.25) is 0 Å². The van der Waals surface area contributed by atoms with Crippen LogP contribution in [-0.4, -0.2) is 20.4 Å². The van der Waals surface area contributed by atoms with Crippen LogP contribution < -0.4 is 5.32 Å². The molecular formula is C14H11N3O2. The van der Waals surface area contributed by atoms with E-state index in [0.717, 1.165) is 0 Å². The van der Waals surface area contributed by atoms with Crippen molar-refractivity contribution in [3.8, 4) is 5.75 Å². The minimum absolute atomic E-state index is 0.161. The number of phenolic OH excluding ortho intramolecular Hbond substituents is 1. The first-order chi connectivity index (χ1) is 9.24. The maximum Gasteiger partial charge on any atom is 0.259 e. The van der Waals surface area contributed by atoms with E-state index in [4.69, 9.17) is 0 Å². The van der Waals surface area contributed by atoms with Crippen molar-refractivity contribution in [1.82, 2.24) is 9.38 Å². The molecule has 0 fully saturated rings. The summed E-state index contributed by atoms with van der Waals surface area (Å²) >= 11 is 0. The molecule has 0 saturated carbocycles. The van der Waals surface area contributed by atoms with Crippen LogP contribution in [0.5, 0.6) is 5.75 Å². The molecule has 94 valence electrons. The van der Waals surface area contributed by atoms with E-state index in [0.29, 0.717) is 16.9 Å². The second kappa shape index (κ2) is 4.45. The third-order valence-corrected chi connectivity index (χ3v) is 2.79. The number of anilines is 1. The van der Waals surface area contributed by atoms with Crippen molar-refractivity contribution in [1.29, 1.82) is 0 Å². The van der Waals surface area contributed by atoms with Crippen molar-refractivity contribution >= 4 is 17.2 Å².